The number of benzene rings is 2. The summed E-state index contributed by atoms with van der Waals surface area (Å²) in [6.45, 7) is 0.558. The van der Waals surface area contributed by atoms with E-state index in [9.17, 15) is 10.2 Å². The molecule has 1 aliphatic carbocycles. The fourth-order valence-electron chi connectivity index (χ4n) is 2.99. The number of fused-ring (bicyclic) bond motifs is 1. The number of rotatable bonds is 4. The Bertz CT molecular complexity index is 603. The van der Waals surface area contributed by atoms with Crippen LogP contribution in [0, 0.1) is 0 Å². The molecule has 1 aliphatic rings. The first-order chi connectivity index (χ1) is 10.2. The number of hydrogen-bond acceptors (Lipinski definition) is 3. The minimum Gasteiger partial charge on any atom is -0.508 e. The number of phenolic OH excluding ortho intramolecular Hbond substituents is 1. The third-order valence-corrected chi connectivity index (χ3v) is 4.20. The van der Waals surface area contributed by atoms with E-state index in [1.807, 2.05) is 42.5 Å². The Balaban J connectivity index is 0.00000176. The third kappa shape index (κ3) is 4.01. The minimum absolute atomic E-state index is 0. The molecular formula is C18H22ClNO2. The highest BCUT2D eigenvalue weighted by Gasteiger charge is 2.19. The monoisotopic (exact) mass is 319 g/mol. The van der Waals surface area contributed by atoms with Crippen molar-refractivity contribution < 1.29 is 10.2 Å². The first-order valence-electron chi connectivity index (χ1n) is 7.49. The van der Waals surface area contributed by atoms with E-state index in [1.54, 1.807) is 6.07 Å². The van der Waals surface area contributed by atoms with Gasteiger partial charge in [-0.3, -0.25) is 0 Å². The molecule has 0 saturated carbocycles. The van der Waals surface area contributed by atoms with Crippen LogP contribution >= 0.6 is 12.4 Å². The standard InChI is InChI=1S/C18H21NO2.ClH/c20-17-9-7-13-6-8-16(10-15(13)11-17)19-12-18(21)14-4-2-1-3-5-14;/h1-5,7,9,11,16,18-21H,6,8,10,12H2;1H/t16?,18-;/m0./s1. The van der Waals surface area contributed by atoms with Crippen LogP contribution in [0.3, 0.4) is 0 Å². The Morgan fingerprint density at radius 2 is 1.86 bits per heavy atom. The smallest absolute Gasteiger partial charge is 0.115 e. The quantitative estimate of drug-likeness (QED) is 0.812. The van der Waals surface area contributed by atoms with E-state index in [1.165, 1.54) is 11.1 Å². The van der Waals surface area contributed by atoms with Crippen LogP contribution in [0.1, 0.15) is 29.2 Å². The summed E-state index contributed by atoms with van der Waals surface area (Å²) in [4.78, 5) is 0. The summed E-state index contributed by atoms with van der Waals surface area (Å²) < 4.78 is 0. The molecule has 0 heterocycles. The molecule has 0 radical (unpaired) electrons. The highest BCUT2D eigenvalue weighted by molar-refractivity contribution is 5.85. The summed E-state index contributed by atoms with van der Waals surface area (Å²) in [7, 11) is 0. The largest absolute Gasteiger partial charge is 0.508 e. The third-order valence-electron chi connectivity index (χ3n) is 4.20. The first kappa shape index (κ1) is 16.8. The van der Waals surface area contributed by atoms with Crippen LogP contribution in [0.15, 0.2) is 48.5 Å². The average molecular weight is 320 g/mol. The molecule has 0 amide bonds. The zero-order valence-corrected chi connectivity index (χ0v) is 13.2. The fourth-order valence-corrected chi connectivity index (χ4v) is 2.99. The van der Waals surface area contributed by atoms with Gasteiger partial charge in [-0.2, -0.15) is 0 Å². The normalized spacial score (nSPS) is 18.1. The first-order valence-corrected chi connectivity index (χ1v) is 7.49. The molecule has 2 atom stereocenters. The molecule has 3 N–H and O–H groups in total. The minimum atomic E-state index is -0.475. The summed E-state index contributed by atoms with van der Waals surface area (Å²) in [6, 6.07) is 15.7. The maximum absolute atomic E-state index is 10.2. The molecule has 1 unspecified atom stereocenters. The van der Waals surface area contributed by atoms with Crippen LogP contribution in [0.5, 0.6) is 5.75 Å². The number of hydrogen-bond donors (Lipinski definition) is 3. The molecule has 0 saturated heterocycles. The van der Waals surface area contributed by atoms with Crippen molar-refractivity contribution in [2.24, 2.45) is 0 Å². The predicted octanol–water partition coefficient (Wildman–Crippen LogP) is 2.99. The van der Waals surface area contributed by atoms with Crippen LogP contribution in [0.25, 0.3) is 0 Å². The van der Waals surface area contributed by atoms with Crippen LogP contribution < -0.4 is 5.32 Å². The number of aryl methyl sites for hydroxylation is 1. The molecule has 0 spiro atoms. The van der Waals surface area contributed by atoms with E-state index in [-0.39, 0.29) is 12.4 Å². The zero-order chi connectivity index (χ0) is 14.7. The number of nitrogens with one attached hydrogen (secondary N) is 1. The lowest BCUT2D eigenvalue weighted by Crippen LogP contribution is -2.37. The molecule has 0 aliphatic heterocycles. The maximum atomic E-state index is 10.2. The molecule has 22 heavy (non-hydrogen) atoms. The molecule has 0 fully saturated rings. The molecule has 0 bridgehead atoms. The number of aliphatic hydroxyl groups excluding tert-OH is 1. The second-order valence-electron chi connectivity index (χ2n) is 5.73. The molecule has 0 aromatic heterocycles. The predicted molar refractivity (Wildman–Crippen MR) is 90.6 cm³/mol. The van der Waals surface area contributed by atoms with Gasteiger partial charge in [-0.25, -0.2) is 0 Å². The van der Waals surface area contributed by atoms with E-state index >= 15 is 0 Å². The average Bonchev–Trinajstić information content (AvgIpc) is 2.53. The highest BCUT2D eigenvalue weighted by Crippen LogP contribution is 2.25. The maximum Gasteiger partial charge on any atom is 0.115 e. The number of aromatic hydroxyl groups is 1. The molecule has 4 heteroatoms. The van der Waals surface area contributed by atoms with Gasteiger partial charge in [0.25, 0.3) is 0 Å². The lowest BCUT2D eigenvalue weighted by atomic mass is 9.88. The van der Waals surface area contributed by atoms with Crippen LogP contribution in [0.4, 0.5) is 0 Å². The Kier molecular flexibility index (Phi) is 5.83. The van der Waals surface area contributed by atoms with E-state index < -0.39 is 6.10 Å². The molecule has 2 aromatic rings. The van der Waals surface area contributed by atoms with Crippen molar-refractivity contribution in [2.45, 2.75) is 31.4 Å². The summed E-state index contributed by atoms with van der Waals surface area (Å²) in [6.07, 6.45) is 2.52. The molecular weight excluding hydrogens is 298 g/mol. The lowest BCUT2D eigenvalue weighted by Gasteiger charge is -2.26. The summed E-state index contributed by atoms with van der Waals surface area (Å²) in [5.41, 5.74) is 3.49. The van der Waals surface area contributed by atoms with Crippen LogP contribution in [0.2, 0.25) is 0 Å². The molecule has 118 valence electrons. The van der Waals surface area contributed by atoms with Gasteiger partial charge in [-0.1, -0.05) is 36.4 Å². The van der Waals surface area contributed by atoms with Gasteiger partial charge >= 0.3 is 0 Å². The SMILES string of the molecule is Cl.Oc1ccc2c(c1)CC(NC[C@H](O)c1ccccc1)CC2. The van der Waals surface area contributed by atoms with Crippen molar-refractivity contribution >= 4 is 12.4 Å². The van der Waals surface area contributed by atoms with Crippen molar-refractivity contribution in [1.82, 2.24) is 5.32 Å². The zero-order valence-electron chi connectivity index (χ0n) is 12.4. The van der Waals surface area contributed by atoms with E-state index in [0.29, 0.717) is 18.3 Å². The lowest BCUT2D eigenvalue weighted by molar-refractivity contribution is 0.168. The van der Waals surface area contributed by atoms with Crippen molar-refractivity contribution in [3.8, 4) is 5.75 Å². The fraction of sp³-hybridized carbons (Fsp3) is 0.333. The van der Waals surface area contributed by atoms with E-state index in [0.717, 1.165) is 24.8 Å². The number of halogens is 1. The van der Waals surface area contributed by atoms with Crippen LogP contribution in [-0.4, -0.2) is 22.8 Å². The van der Waals surface area contributed by atoms with Crippen LogP contribution in [-0.2, 0) is 12.8 Å². The van der Waals surface area contributed by atoms with Crippen molar-refractivity contribution in [1.29, 1.82) is 0 Å². The highest BCUT2D eigenvalue weighted by atomic mass is 35.5. The summed E-state index contributed by atoms with van der Waals surface area (Å²) in [5, 5.41) is 23.2. The Labute approximate surface area is 137 Å². The van der Waals surface area contributed by atoms with Crippen molar-refractivity contribution in [3.63, 3.8) is 0 Å². The molecule has 3 nitrogen and oxygen atoms in total. The van der Waals surface area contributed by atoms with Gasteiger partial charge in [-0.15, -0.1) is 12.4 Å². The number of phenols is 1. The Morgan fingerprint density at radius 1 is 1.09 bits per heavy atom. The second kappa shape index (κ2) is 7.63. The Morgan fingerprint density at radius 3 is 2.64 bits per heavy atom. The van der Waals surface area contributed by atoms with E-state index in [4.69, 9.17) is 0 Å². The van der Waals surface area contributed by atoms with Gasteiger partial charge in [0.05, 0.1) is 6.10 Å². The molecule has 3 rings (SSSR count). The number of aliphatic hydroxyl groups is 1. The van der Waals surface area contributed by atoms with Gasteiger partial charge in [0.1, 0.15) is 5.75 Å². The second-order valence-corrected chi connectivity index (χ2v) is 5.73. The molecule has 2 aromatic carbocycles. The van der Waals surface area contributed by atoms with Crippen molar-refractivity contribution in [3.05, 3.63) is 65.2 Å². The van der Waals surface area contributed by atoms with Gasteiger partial charge in [0, 0.05) is 12.6 Å². The Hall–Kier alpha value is -1.55. The van der Waals surface area contributed by atoms with Gasteiger partial charge in [-0.05, 0) is 48.1 Å². The topological polar surface area (TPSA) is 52.5 Å². The van der Waals surface area contributed by atoms with Gasteiger partial charge in [0.2, 0.25) is 0 Å². The van der Waals surface area contributed by atoms with Crippen molar-refractivity contribution in [2.75, 3.05) is 6.54 Å². The summed E-state index contributed by atoms with van der Waals surface area (Å²) >= 11 is 0. The van der Waals surface area contributed by atoms with Gasteiger partial charge in [0.15, 0.2) is 0 Å². The van der Waals surface area contributed by atoms with E-state index in [2.05, 4.69) is 5.32 Å². The summed E-state index contributed by atoms with van der Waals surface area (Å²) in [5.74, 6) is 0.332. The van der Waals surface area contributed by atoms with Gasteiger partial charge < -0.3 is 15.5 Å².